The minimum atomic E-state index is -1.19. The van der Waals surface area contributed by atoms with Gasteiger partial charge in [-0.25, -0.2) is 9.78 Å². The number of carboxylic acids is 1. The van der Waals surface area contributed by atoms with Crippen LogP contribution in [0.15, 0.2) is 73.3 Å². The van der Waals surface area contributed by atoms with Gasteiger partial charge in [0, 0.05) is 48.4 Å². The van der Waals surface area contributed by atoms with Crippen molar-refractivity contribution in [2.24, 2.45) is 5.73 Å². The lowest BCUT2D eigenvalue weighted by molar-refractivity contribution is -0.144. The first kappa shape index (κ1) is 29.5. The Morgan fingerprint density at radius 1 is 0.977 bits per heavy atom. The molecule has 0 radical (unpaired) electrons. The summed E-state index contributed by atoms with van der Waals surface area (Å²) in [6.07, 6.45) is 6.19. The van der Waals surface area contributed by atoms with E-state index in [1.54, 1.807) is 12.4 Å². The number of nitrogens with zero attached hydrogens (tertiary/aromatic N) is 2. The van der Waals surface area contributed by atoms with Gasteiger partial charge in [-0.1, -0.05) is 48.5 Å². The lowest BCUT2D eigenvalue weighted by Gasteiger charge is -2.30. The van der Waals surface area contributed by atoms with E-state index >= 15 is 0 Å². The predicted molar refractivity (Wildman–Crippen MR) is 159 cm³/mol. The molecule has 2 aromatic heterocycles. The van der Waals surface area contributed by atoms with E-state index in [1.165, 1.54) is 11.2 Å². The van der Waals surface area contributed by atoms with Gasteiger partial charge in [-0.15, -0.1) is 0 Å². The molecule has 7 N–H and O–H groups in total. The standard InChI is InChI=1S/C31H35N7O5/c32-23(13-19-7-2-1-3-8-19)28(39)36-25(15-21-17-33-18-35-21)30(41)38-12-6-11-27(38)29(40)37-26(31(42)43)14-20-16-34-24-10-5-4-9-22(20)24/h1-5,7-10,16-18,23,25-27,34H,6,11-15,32H2,(H,33,35)(H,36,39)(H,37,40)(H,42,43). The van der Waals surface area contributed by atoms with Crippen LogP contribution in [0.1, 0.15) is 29.7 Å². The van der Waals surface area contributed by atoms with E-state index in [-0.39, 0.29) is 12.8 Å². The summed E-state index contributed by atoms with van der Waals surface area (Å²) in [5.41, 5.74) is 9.34. The number of nitrogens with one attached hydrogen (secondary N) is 4. The van der Waals surface area contributed by atoms with E-state index in [1.807, 2.05) is 54.6 Å². The number of carbonyl (C=O) groups excluding carboxylic acids is 3. The zero-order valence-electron chi connectivity index (χ0n) is 23.5. The third-order valence-corrected chi connectivity index (χ3v) is 7.78. The second-order valence-electron chi connectivity index (χ2n) is 10.8. The highest BCUT2D eigenvalue weighted by molar-refractivity contribution is 5.95. The minimum absolute atomic E-state index is 0.0730. The molecule has 0 saturated carbocycles. The Hall–Kier alpha value is -4.97. The number of H-pyrrole nitrogens is 2. The summed E-state index contributed by atoms with van der Waals surface area (Å²) in [6, 6.07) is 12.9. The number of benzene rings is 2. The summed E-state index contributed by atoms with van der Waals surface area (Å²) in [5.74, 6) is -2.67. The molecule has 3 heterocycles. The van der Waals surface area contributed by atoms with Crippen molar-refractivity contribution >= 4 is 34.6 Å². The first-order valence-corrected chi connectivity index (χ1v) is 14.3. The summed E-state index contributed by atoms with van der Waals surface area (Å²) < 4.78 is 0. The number of hydrogen-bond acceptors (Lipinski definition) is 6. The van der Waals surface area contributed by atoms with Crippen molar-refractivity contribution in [3.63, 3.8) is 0 Å². The lowest BCUT2D eigenvalue weighted by atomic mass is 10.0. The van der Waals surface area contributed by atoms with Crippen LogP contribution in [0, 0.1) is 0 Å². The van der Waals surface area contributed by atoms with Crippen LogP contribution in [0.2, 0.25) is 0 Å². The van der Waals surface area contributed by atoms with Crippen molar-refractivity contribution in [1.29, 1.82) is 0 Å². The highest BCUT2D eigenvalue weighted by Gasteiger charge is 2.39. The fourth-order valence-electron chi connectivity index (χ4n) is 5.55. The number of imidazole rings is 1. The second-order valence-corrected chi connectivity index (χ2v) is 10.8. The molecule has 1 saturated heterocycles. The molecule has 1 aliphatic rings. The molecule has 0 aliphatic carbocycles. The summed E-state index contributed by atoms with van der Waals surface area (Å²) in [4.78, 5) is 64.1. The molecule has 12 heteroatoms. The lowest BCUT2D eigenvalue weighted by Crippen LogP contribution is -2.57. The van der Waals surface area contributed by atoms with Crippen molar-refractivity contribution in [1.82, 2.24) is 30.5 Å². The molecule has 0 bridgehead atoms. The van der Waals surface area contributed by atoms with E-state index in [9.17, 15) is 24.3 Å². The van der Waals surface area contributed by atoms with Gasteiger partial charge < -0.3 is 36.3 Å². The summed E-state index contributed by atoms with van der Waals surface area (Å²) in [6.45, 7) is 0.294. The quantitative estimate of drug-likeness (QED) is 0.145. The number of carboxylic acid groups (broad SMARTS) is 1. The van der Waals surface area contributed by atoms with Gasteiger partial charge in [0.2, 0.25) is 17.7 Å². The molecule has 224 valence electrons. The number of hydrogen-bond donors (Lipinski definition) is 6. The molecule has 4 unspecified atom stereocenters. The zero-order chi connectivity index (χ0) is 30.3. The van der Waals surface area contributed by atoms with Gasteiger partial charge in [-0.3, -0.25) is 14.4 Å². The van der Waals surface area contributed by atoms with Crippen LogP contribution < -0.4 is 16.4 Å². The maximum atomic E-state index is 13.9. The fraction of sp³-hybridized carbons (Fsp3) is 0.323. The number of rotatable bonds is 12. The Labute approximate surface area is 248 Å². The topological polar surface area (TPSA) is 186 Å². The Kier molecular flexibility index (Phi) is 9.16. The SMILES string of the molecule is NC(Cc1ccccc1)C(=O)NC(Cc1cnc[nH]1)C(=O)N1CCCC1C(=O)NC(Cc1c[nH]c2ccccc12)C(=O)O. The van der Waals surface area contributed by atoms with E-state index in [4.69, 9.17) is 5.73 Å². The molecule has 0 spiro atoms. The molecule has 1 fully saturated rings. The van der Waals surface area contributed by atoms with E-state index < -0.39 is 47.9 Å². The molecule has 4 aromatic rings. The Bertz CT molecular complexity index is 1570. The number of aromatic nitrogens is 3. The van der Waals surface area contributed by atoms with Crippen LogP contribution in [0.3, 0.4) is 0 Å². The number of carbonyl (C=O) groups is 4. The highest BCUT2D eigenvalue weighted by atomic mass is 16.4. The average molecular weight is 586 g/mol. The van der Waals surface area contributed by atoms with Crippen LogP contribution in [0.5, 0.6) is 0 Å². The second kappa shape index (κ2) is 13.3. The third-order valence-electron chi connectivity index (χ3n) is 7.78. The predicted octanol–water partition coefficient (Wildman–Crippen LogP) is 1.29. The molecular weight excluding hydrogens is 550 g/mol. The van der Waals surface area contributed by atoms with Crippen molar-refractivity contribution < 1.29 is 24.3 Å². The summed E-state index contributed by atoms with van der Waals surface area (Å²) in [7, 11) is 0. The van der Waals surface area contributed by atoms with Crippen LogP contribution in [-0.2, 0) is 38.4 Å². The maximum absolute atomic E-state index is 13.9. The Balaban J connectivity index is 1.28. The largest absolute Gasteiger partial charge is 0.480 e. The van der Waals surface area contributed by atoms with Gasteiger partial charge >= 0.3 is 5.97 Å². The van der Waals surface area contributed by atoms with Crippen molar-refractivity contribution in [2.75, 3.05) is 6.54 Å². The molecule has 1 aliphatic heterocycles. The van der Waals surface area contributed by atoms with Gasteiger partial charge in [0.1, 0.15) is 18.1 Å². The molecule has 43 heavy (non-hydrogen) atoms. The molecule has 3 amide bonds. The number of fused-ring (bicyclic) bond motifs is 1. The van der Waals surface area contributed by atoms with Crippen LogP contribution in [0.4, 0.5) is 0 Å². The molecule has 2 aromatic carbocycles. The van der Waals surface area contributed by atoms with Gasteiger partial charge in [0.15, 0.2) is 0 Å². The van der Waals surface area contributed by atoms with Crippen LogP contribution >= 0.6 is 0 Å². The molecule has 5 rings (SSSR count). The van der Waals surface area contributed by atoms with E-state index in [0.717, 1.165) is 22.0 Å². The van der Waals surface area contributed by atoms with Crippen molar-refractivity contribution in [3.8, 4) is 0 Å². The first-order chi connectivity index (χ1) is 20.8. The van der Waals surface area contributed by atoms with Crippen molar-refractivity contribution in [2.45, 2.75) is 56.3 Å². The van der Waals surface area contributed by atoms with Gasteiger partial charge in [0.25, 0.3) is 0 Å². The van der Waals surface area contributed by atoms with E-state index in [0.29, 0.717) is 31.5 Å². The normalized spacial score (nSPS) is 16.9. The van der Waals surface area contributed by atoms with Crippen molar-refractivity contribution in [3.05, 3.63) is 90.1 Å². The molecule has 12 nitrogen and oxygen atoms in total. The summed E-state index contributed by atoms with van der Waals surface area (Å²) in [5, 5.41) is 16.2. The number of para-hydroxylation sites is 1. The smallest absolute Gasteiger partial charge is 0.326 e. The minimum Gasteiger partial charge on any atom is -0.480 e. The number of nitrogens with two attached hydrogens (primary N) is 1. The Morgan fingerprint density at radius 3 is 2.49 bits per heavy atom. The van der Waals surface area contributed by atoms with E-state index in [2.05, 4.69) is 25.6 Å². The average Bonchev–Trinajstić information content (AvgIpc) is 3.78. The number of aromatic amines is 2. The Morgan fingerprint density at radius 2 is 1.74 bits per heavy atom. The van der Waals surface area contributed by atoms with Gasteiger partial charge in [-0.2, -0.15) is 0 Å². The number of aliphatic carboxylic acids is 1. The number of amides is 3. The highest BCUT2D eigenvalue weighted by Crippen LogP contribution is 2.22. The molecular formula is C31H35N7O5. The van der Waals surface area contributed by atoms with Gasteiger partial charge in [-0.05, 0) is 36.5 Å². The third kappa shape index (κ3) is 7.09. The maximum Gasteiger partial charge on any atom is 0.326 e. The zero-order valence-corrected chi connectivity index (χ0v) is 23.5. The monoisotopic (exact) mass is 585 g/mol. The molecule has 4 atom stereocenters. The van der Waals surface area contributed by atoms with Crippen LogP contribution in [0.25, 0.3) is 10.9 Å². The van der Waals surface area contributed by atoms with Gasteiger partial charge in [0.05, 0.1) is 12.4 Å². The number of likely N-dealkylation sites (tertiary alicyclic amines) is 1. The first-order valence-electron chi connectivity index (χ1n) is 14.3. The summed E-state index contributed by atoms with van der Waals surface area (Å²) >= 11 is 0. The fourth-order valence-corrected chi connectivity index (χ4v) is 5.55. The van der Waals surface area contributed by atoms with Crippen LogP contribution in [-0.4, -0.2) is 79.4 Å².